The first-order chi connectivity index (χ1) is 13.1. The predicted octanol–water partition coefficient (Wildman–Crippen LogP) is 5.07. The van der Waals surface area contributed by atoms with Gasteiger partial charge in [0.25, 0.3) is 5.91 Å². The lowest BCUT2D eigenvalue weighted by Gasteiger charge is -2.16. The van der Waals surface area contributed by atoms with Gasteiger partial charge in [0.05, 0.1) is 18.0 Å². The number of nitrogens with zero attached hydrogens (tertiary/aromatic N) is 1. The second-order valence-corrected chi connectivity index (χ2v) is 7.41. The van der Waals surface area contributed by atoms with E-state index in [2.05, 4.69) is 15.6 Å². The zero-order valence-electron chi connectivity index (χ0n) is 16.2. The van der Waals surface area contributed by atoms with Crippen molar-refractivity contribution in [3.8, 4) is 5.75 Å². The molecule has 2 aromatic rings. The van der Waals surface area contributed by atoms with Crippen molar-refractivity contribution in [2.75, 3.05) is 5.32 Å². The number of carbonyl (C=O) groups is 1. The Morgan fingerprint density at radius 2 is 1.67 bits per heavy atom. The van der Waals surface area contributed by atoms with E-state index in [4.69, 9.17) is 4.74 Å². The van der Waals surface area contributed by atoms with Gasteiger partial charge in [-0.15, -0.1) is 0 Å². The Balaban J connectivity index is 1.55. The van der Waals surface area contributed by atoms with Crippen LogP contribution in [0.25, 0.3) is 0 Å². The first-order valence-corrected chi connectivity index (χ1v) is 9.91. The number of nitrogens with one attached hydrogen (secondary N) is 2. The second-order valence-electron chi connectivity index (χ2n) is 7.41. The standard InChI is InChI=1S/C22H29N3O2/c1-16(2)27-20-12-9-18(10-13-20)24-19-11-14-21(23-15-19)22(26)25-17-7-5-3-4-6-8-17/h9-17,24H,3-8H2,1-2H3,(H,25,26). The van der Waals surface area contributed by atoms with E-state index < -0.39 is 0 Å². The summed E-state index contributed by atoms with van der Waals surface area (Å²) in [6.45, 7) is 4.01. The van der Waals surface area contributed by atoms with Gasteiger partial charge in [-0.2, -0.15) is 0 Å². The van der Waals surface area contributed by atoms with Gasteiger partial charge < -0.3 is 15.4 Å². The Labute approximate surface area is 161 Å². The summed E-state index contributed by atoms with van der Waals surface area (Å²) in [4.78, 5) is 16.7. The first kappa shape index (κ1) is 19.2. The van der Waals surface area contributed by atoms with Crippen LogP contribution in [0.1, 0.15) is 62.9 Å². The van der Waals surface area contributed by atoms with Gasteiger partial charge in [-0.05, 0) is 63.1 Å². The fraction of sp³-hybridized carbons (Fsp3) is 0.455. The number of benzene rings is 1. The lowest BCUT2D eigenvalue weighted by molar-refractivity contribution is 0.0928. The molecule has 0 aliphatic heterocycles. The average molecular weight is 367 g/mol. The van der Waals surface area contributed by atoms with Crippen LogP contribution in [-0.2, 0) is 0 Å². The van der Waals surface area contributed by atoms with Gasteiger partial charge in [0.2, 0.25) is 0 Å². The third-order valence-corrected chi connectivity index (χ3v) is 4.70. The molecule has 1 aliphatic carbocycles. The summed E-state index contributed by atoms with van der Waals surface area (Å²) in [6, 6.07) is 11.7. The molecule has 2 N–H and O–H groups in total. The van der Waals surface area contributed by atoms with Crippen LogP contribution in [0, 0.1) is 0 Å². The molecule has 0 saturated heterocycles. The molecule has 144 valence electrons. The van der Waals surface area contributed by atoms with Crippen LogP contribution < -0.4 is 15.4 Å². The molecule has 3 rings (SSSR count). The van der Waals surface area contributed by atoms with E-state index in [1.165, 1.54) is 25.7 Å². The smallest absolute Gasteiger partial charge is 0.270 e. The van der Waals surface area contributed by atoms with Crippen LogP contribution in [0.15, 0.2) is 42.6 Å². The highest BCUT2D eigenvalue weighted by atomic mass is 16.5. The van der Waals surface area contributed by atoms with E-state index in [9.17, 15) is 4.79 Å². The summed E-state index contributed by atoms with van der Waals surface area (Å²) >= 11 is 0. The van der Waals surface area contributed by atoms with Crippen LogP contribution in [0.5, 0.6) is 5.75 Å². The van der Waals surface area contributed by atoms with Crippen LogP contribution in [0.2, 0.25) is 0 Å². The van der Waals surface area contributed by atoms with Crippen molar-refractivity contribution in [3.05, 3.63) is 48.3 Å². The Bertz CT molecular complexity index is 718. The van der Waals surface area contributed by atoms with Crippen molar-refractivity contribution in [2.24, 2.45) is 0 Å². The highest BCUT2D eigenvalue weighted by Crippen LogP contribution is 2.21. The Morgan fingerprint density at radius 1 is 1.00 bits per heavy atom. The summed E-state index contributed by atoms with van der Waals surface area (Å²) in [6.07, 6.45) is 8.93. The van der Waals surface area contributed by atoms with Crippen molar-refractivity contribution in [3.63, 3.8) is 0 Å². The molecule has 5 heteroatoms. The largest absolute Gasteiger partial charge is 0.491 e. The fourth-order valence-electron chi connectivity index (χ4n) is 3.34. The summed E-state index contributed by atoms with van der Waals surface area (Å²) in [5.74, 6) is 0.767. The van der Waals surface area contributed by atoms with Crippen molar-refractivity contribution in [2.45, 2.75) is 64.5 Å². The summed E-state index contributed by atoms with van der Waals surface area (Å²) < 4.78 is 5.65. The van der Waals surface area contributed by atoms with Gasteiger partial charge in [0.15, 0.2) is 0 Å². The van der Waals surface area contributed by atoms with Crippen molar-refractivity contribution >= 4 is 17.3 Å². The summed E-state index contributed by atoms with van der Waals surface area (Å²) in [7, 11) is 0. The van der Waals surface area contributed by atoms with E-state index in [-0.39, 0.29) is 18.1 Å². The zero-order valence-corrected chi connectivity index (χ0v) is 16.2. The minimum Gasteiger partial charge on any atom is -0.491 e. The van der Waals surface area contributed by atoms with Crippen LogP contribution in [0.4, 0.5) is 11.4 Å². The third kappa shape index (κ3) is 5.98. The fourth-order valence-corrected chi connectivity index (χ4v) is 3.34. The number of hydrogen-bond donors (Lipinski definition) is 2. The van der Waals surface area contributed by atoms with Gasteiger partial charge in [0.1, 0.15) is 11.4 Å². The minimum atomic E-state index is -0.0800. The quantitative estimate of drug-likeness (QED) is 0.700. The highest BCUT2D eigenvalue weighted by molar-refractivity contribution is 5.92. The molecule has 0 unspecified atom stereocenters. The number of rotatable bonds is 6. The second kappa shape index (κ2) is 9.40. The van der Waals surface area contributed by atoms with Gasteiger partial charge in [-0.1, -0.05) is 25.7 Å². The number of hydrogen-bond acceptors (Lipinski definition) is 4. The van der Waals surface area contributed by atoms with Gasteiger partial charge in [-0.25, -0.2) is 4.98 Å². The maximum absolute atomic E-state index is 12.4. The highest BCUT2D eigenvalue weighted by Gasteiger charge is 2.16. The average Bonchev–Trinajstić information content (AvgIpc) is 2.92. The van der Waals surface area contributed by atoms with Crippen LogP contribution >= 0.6 is 0 Å². The molecule has 1 amide bonds. The normalized spacial score (nSPS) is 15.2. The van der Waals surface area contributed by atoms with Crippen molar-refractivity contribution in [1.29, 1.82) is 0 Å². The van der Waals surface area contributed by atoms with Crippen molar-refractivity contribution in [1.82, 2.24) is 10.3 Å². The lowest BCUT2D eigenvalue weighted by atomic mass is 10.1. The Kier molecular flexibility index (Phi) is 6.69. The molecule has 0 bridgehead atoms. The van der Waals surface area contributed by atoms with Crippen molar-refractivity contribution < 1.29 is 9.53 Å². The maximum atomic E-state index is 12.4. The molecule has 1 heterocycles. The molecular formula is C22H29N3O2. The topological polar surface area (TPSA) is 63.2 Å². The number of amides is 1. The minimum absolute atomic E-state index is 0.0800. The number of pyridine rings is 1. The molecule has 1 aromatic carbocycles. The number of aromatic nitrogens is 1. The molecular weight excluding hydrogens is 338 g/mol. The number of ether oxygens (including phenoxy) is 1. The molecule has 1 saturated carbocycles. The monoisotopic (exact) mass is 367 g/mol. The molecule has 1 fully saturated rings. The van der Waals surface area contributed by atoms with Gasteiger partial charge in [-0.3, -0.25) is 4.79 Å². The molecule has 0 spiro atoms. The SMILES string of the molecule is CC(C)Oc1ccc(Nc2ccc(C(=O)NC3CCCCCC3)nc2)cc1. The molecule has 5 nitrogen and oxygen atoms in total. The maximum Gasteiger partial charge on any atom is 0.270 e. The number of anilines is 2. The van der Waals surface area contributed by atoms with E-state index in [1.807, 2.05) is 44.2 Å². The predicted molar refractivity (Wildman–Crippen MR) is 109 cm³/mol. The van der Waals surface area contributed by atoms with Gasteiger partial charge in [0, 0.05) is 11.7 Å². The van der Waals surface area contributed by atoms with Gasteiger partial charge >= 0.3 is 0 Å². The Hall–Kier alpha value is -2.56. The first-order valence-electron chi connectivity index (χ1n) is 9.91. The van der Waals surface area contributed by atoms with E-state index >= 15 is 0 Å². The lowest BCUT2D eigenvalue weighted by Crippen LogP contribution is -2.34. The van der Waals surface area contributed by atoms with Crippen LogP contribution in [-0.4, -0.2) is 23.0 Å². The van der Waals surface area contributed by atoms with E-state index in [0.717, 1.165) is 30.0 Å². The molecule has 27 heavy (non-hydrogen) atoms. The van der Waals surface area contributed by atoms with E-state index in [1.54, 1.807) is 12.3 Å². The third-order valence-electron chi connectivity index (χ3n) is 4.70. The Morgan fingerprint density at radius 3 is 2.26 bits per heavy atom. The summed E-state index contributed by atoms with van der Waals surface area (Å²) in [5.41, 5.74) is 2.26. The van der Waals surface area contributed by atoms with E-state index in [0.29, 0.717) is 5.69 Å². The molecule has 1 aliphatic rings. The zero-order chi connectivity index (χ0) is 19.1. The number of carbonyl (C=O) groups excluding carboxylic acids is 1. The molecule has 0 radical (unpaired) electrons. The van der Waals surface area contributed by atoms with Crippen LogP contribution in [0.3, 0.4) is 0 Å². The summed E-state index contributed by atoms with van der Waals surface area (Å²) in [5, 5.41) is 6.42. The molecule has 1 aromatic heterocycles. The molecule has 0 atom stereocenters.